The van der Waals surface area contributed by atoms with Crippen molar-refractivity contribution in [3.63, 3.8) is 0 Å². The molecule has 662 valence electrons. The SMILES string of the molecule is CC(=O)Nc1cc(N(CCO)CCO)ccc1N=Nc1c(Br)cc([N+](=O)[O-])cc1C#N.CCN(CCC(=O)OC)c1ccc(N=Nc2snc3ccc([N+](=O)[O-])cc23)cc1.COc1cc(N=Nc2c(Br)cc([N+](=O)[O-])cc2[N+](=O)[O-])c(NC(C)=O)cc1N(CCOC(C)=O)CCOC(C)=O.N#CCCN(CCC#N)c1ccc(N=Nc2ccc([N+](=O)[O-])cc2Cl)cc1. The molecule has 0 fully saturated rings. The van der Waals surface area contributed by atoms with E-state index >= 15 is 0 Å². The highest BCUT2D eigenvalue weighted by Gasteiger charge is 2.26. The second-order valence-corrected chi connectivity index (χ2v) is 28.5. The minimum absolute atomic E-state index is 0.00662. The number of carbonyl (C=O) groups excluding carboxylic acids is 5. The van der Waals surface area contributed by atoms with E-state index in [2.05, 4.69) is 110 Å². The Labute approximate surface area is 748 Å². The number of aromatic nitrogens is 1. The molecule has 44 nitrogen and oxygen atoms in total. The van der Waals surface area contributed by atoms with Gasteiger partial charge in [0.25, 0.3) is 22.7 Å². The molecule has 4 N–H and O–H groups in total. The summed E-state index contributed by atoms with van der Waals surface area (Å²) >= 11 is 13.4. The standard InChI is InChI=1S/C23H25BrN6O10.C19H19BrN6O5.C19H19N5O4S.C18H15ClN6O2/c1-13(31)25-18-11-20(28(5-7-39-14(2)32)6-8-40-15(3)33)22(38-4)12-19(18)26-27-23-17(24)9-16(29(34)35)10-21(23)30(36)37;1-12(29)22-18-10-14(25(4-6-27)5-7-28)2-3-17(18)23-24-19-13(11-21)8-15(26(30)31)9-16(19)20;1-3-23(11-10-18(25)28-2)14-6-4-13(5-7-14)20-21-19-16-12-15(24(26)27)8-9-17(16)22-29-19;19-17-13-16(25(26)27)7-8-18(17)23-22-14-3-5-15(6-4-14)24(11-1-9-20)12-2-10-21/h9-12H,5-8H2,1-4H3,(H,25,31);2-3,8-10,27-28H,4-7H2,1H3,(H,22,29);4-9,12H,3,10-11H2,1-2H3;3-8,13H,1-2,11-12H2. The lowest BCUT2D eigenvalue weighted by Gasteiger charge is -2.27. The maximum Gasteiger partial charge on any atom is 0.307 e. The van der Waals surface area contributed by atoms with Gasteiger partial charge in [-0.2, -0.15) is 25.3 Å². The minimum Gasteiger partial charge on any atom is -0.494 e. The largest absolute Gasteiger partial charge is 0.494 e. The molecule has 9 rings (SSSR count). The van der Waals surface area contributed by atoms with Crippen molar-refractivity contribution in [2.75, 3.05) is 123 Å². The highest BCUT2D eigenvalue weighted by Crippen LogP contribution is 2.45. The third-order valence-corrected chi connectivity index (χ3v) is 19.2. The van der Waals surface area contributed by atoms with Crippen LogP contribution in [0.1, 0.15) is 59.4 Å². The van der Waals surface area contributed by atoms with Gasteiger partial charge in [-0.3, -0.25) is 74.5 Å². The van der Waals surface area contributed by atoms with Gasteiger partial charge in [-0.25, -0.2) is 0 Å². The summed E-state index contributed by atoms with van der Waals surface area (Å²) in [5.41, 5.74) is 4.06. The number of methoxy groups -OCH3 is 2. The van der Waals surface area contributed by atoms with Crippen LogP contribution in [0.5, 0.6) is 5.75 Å². The molecule has 0 saturated heterocycles. The lowest BCUT2D eigenvalue weighted by atomic mass is 10.2. The van der Waals surface area contributed by atoms with Gasteiger partial charge in [0.15, 0.2) is 10.7 Å². The number of ether oxygens (including phenoxy) is 4. The van der Waals surface area contributed by atoms with Crippen molar-refractivity contribution in [3.05, 3.63) is 210 Å². The third-order valence-electron chi connectivity index (χ3n) is 16.9. The fourth-order valence-electron chi connectivity index (χ4n) is 11.0. The molecule has 8 aromatic carbocycles. The summed E-state index contributed by atoms with van der Waals surface area (Å²) in [6.45, 7) is 10.1. The van der Waals surface area contributed by atoms with Gasteiger partial charge in [-0.05, 0) is 135 Å². The molecule has 9 aromatic rings. The number of fused-ring (bicyclic) bond motifs is 1. The summed E-state index contributed by atoms with van der Waals surface area (Å²) in [5, 5.41) is 140. The smallest absolute Gasteiger partial charge is 0.307 e. The summed E-state index contributed by atoms with van der Waals surface area (Å²) in [7, 11) is 2.74. The van der Waals surface area contributed by atoms with Crippen LogP contribution in [0.2, 0.25) is 5.02 Å². The molecule has 0 saturated carbocycles. The number of nitro benzene ring substituents is 5. The number of amides is 2. The van der Waals surface area contributed by atoms with Gasteiger partial charge in [0.1, 0.15) is 47.8 Å². The minimum atomic E-state index is -0.839. The number of anilines is 6. The zero-order chi connectivity index (χ0) is 93.4. The first-order chi connectivity index (χ1) is 60.7. The molecule has 1 aromatic heterocycles. The number of hydrogen-bond donors (Lipinski definition) is 4. The Kier molecular flexibility index (Phi) is 40.7. The summed E-state index contributed by atoms with van der Waals surface area (Å²) in [4.78, 5) is 117. The van der Waals surface area contributed by atoms with Crippen molar-refractivity contribution < 1.29 is 77.7 Å². The molecule has 0 aliphatic heterocycles. The lowest BCUT2D eigenvalue weighted by Crippen LogP contribution is -2.32. The van der Waals surface area contributed by atoms with Crippen LogP contribution in [-0.2, 0) is 38.2 Å². The summed E-state index contributed by atoms with van der Waals surface area (Å²) in [6.07, 6.45) is 1.05. The van der Waals surface area contributed by atoms with Crippen molar-refractivity contribution in [1.29, 1.82) is 15.8 Å². The van der Waals surface area contributed by atoms with Crippen molar-refractivity contribution in [3.8, 4) is 24.0 Å². The number of aliphatic hydroxyl groups is 2. The predicted molar refractivity (Wildman–Crippen MR) is 474 cm³/mol. The quantitative estimate of drug-likeness (QED) is 0.00918. The zero-order valence-corrected chi connectivity index (χ0v) is 73.2. The third kappa shape index (κ3) is 31.7. The van der Waals surface area contributed by atoms with Gasteiger partial charge in [-0.15, -0.1) is 35.8 Å². The first-order valence-corrected chi connectivity index (χ1v) is 40.0. The van der Waals surface area contributed by atoms with E-state index in [4.69, 9.17) is 36.3 Å². The number of hydrogen-bond acceptors (Lipinski definition) is 38. The van der Waals surface area contributed by atoms with Crippen LogP contribution >= 0.6 is 55.0 Å². The molecule has 0 bridgehead atoms. The molecule has 0 aliphatic carbocycles. The number of nitro groups is 5. The predicted octanol–water partition coefficient (Wildman–Crippen LogP) is 18.3. The monoisotopic (exact) mass is 1910 g/mol. The van der Waals surface area contributed by atoms with Gasteiger partial charge in [-0.1, -0.05) is 11.6 Å². The van der Waals surface area contributed by atoms with Crippen LogP contribution < -0.4 is 35.0 Å². The topological polar surface area (TPSA) is 599 Å². The summed E-state index contributed by atoms with van der Waals surface area (Å²) in [5.74, 6) is -1.82. The first kappa shape index (κ1) is 101. The van der Waals surface area contributed by atoms with Crippen LogP contribution in [0.25, 0.3) is 10.9 Å². The normalized spacial score (nSPS) is 10.7. The number of non-ortho nitro benzene ring substituents is 4. The van der Waals surface area contributed by atoms with E-state index in [1.54, 1.807) is 46.2 Å². The Morgan fingerprint density at radius 3 is 1.51 bits per heavy atom. The highest BCUT2D eigenvalue weighted by atomic mass is 79.9. The summed E-state index contributed by atoms with van der Waals surface area (Å²) < 4.78 is 24.7. The molecule has 0 aliphatic rings. The molecular formula is C79H78Br2ClN23O21S. The van der Waals surface area contributed by atoms with E-state index in [0.717, 1.165) is 47.7 Å². The van der Waals surface area contributed by atoms with E-state index in [-0.39, 0.29) is 135 Å². The Morgan fingerprint density at radius 2 is 1.01 bits per heavy atom. The Hall–Kier alpha value is -15.0. The van der Waals surface area contributed by atoms with Gasteiger partial charge >= 0.3 is 23.6 Å². The molecule has 0 spiro atoms. The fraction of sp³-hybridized carbons (Fsp3) is 0.278. The highest BCUT2D eigenvalue weighted by molar-refractivity contribution is 9.11. The fourth-order valence-corrected chi connectivity index (χ4v) is 12.9. The number of rotatable bonds is 38. The number of nitriles is 3. The second kappa shape index (κ2) is 51.2. The van der Waals surface area contributed by atoms with E-state index in [1.807, 2.05) is 54.3 Å². The van der Waals surface area contributed by atoms with E-state index in [1.165, 1.54) is 90.4 Å². The zero-order valence-electron chi connectivity index (χ0n) is 68.5. The number of carbonyl (C=O) groups is 5. The number of esters is 3. The van der Waals surface area contributed by atoms with E-state index in [0.29, 0.717) is 88.9 Å². The van der Waals surface area contributed by atoms with Crippen molar-refractivity contribution in [2.24, 2.45) is 40.9 Å². The lowest BCUT2D eigenvalue weighted by molar-refractivity contribution is -0.393. The van der Waals surface area contributed by atoms with Crippen LogP contribution in [-0.4, -0.2) is 162 Å². The molecule has 48 heteroatoms. The van der Waals surface area contributed by atoms with E-state index in [9.17, 15) is 90.0 Å². The molecule has 1 heterocycles. The van der Waals surface area contributed by atoms with Gasteiger partial charge in [0.05, 0.1) is 156 Å². The van der Waals surface area contributed by atoms with Crippen LogP contribution in [0, 0.1) is 84.6 Å². The van der Waals surface area contributed by atoms with Gasteiger partial charge in [0, 0.05) is 138 Å². The van der Waals surface area contributed by atoms with Crippen LogP contribution in [0.15, 0.2) is 189 Å². The van der Waals surface area contributed by atoms with Crippen molar-refractivity contribution >= 4 is 203 Å². The maximum atomic E-state index is 12.0. The average Bonchev–Trinajstić information content (AvgIpc) is 1.76. The van der Waals surface area contributed by atoms with Crippen molar-refractivity contribution in [1.82, 2.24) is 4.37 Å². The molecule has 127 heavy (non-hydrogen) atoms. The Balaban J connectivity index is 0.000000264. The molecular weight excluding hydrogens is 1830 g/mol. The van der Waals surface area contributed by atoms with Crippen molar-refractivity contribution in [2.45, 2.75) is 53.9 Å². The Morgan fingerprint density at radius 1 is 0.520 bits per heavy atom. The number of benzene rings is 8. The maximum absolute atomic E-state index is 12.0. The molecule has 0 radical (unpaired) electrons. The van der Waals surface area contributed by atoms with Gasteiger partial charge < -0.3 is 59.4 Å². The number of halogens is 3. The average molecular weight is 1910 g/mol. The number of nitrogens with zero attached hydrogens (tertiary/aromatic N) is 21. The van der Waals surface area contributed by atoms with Crippen LogP contribution in [0.3, 0.4) is 0 Å². The van der Waals surface area contributed by atoms with Gasteiger partial charge in [0.2, 0.25) is 11.8 Å². The second-order valence-electron chi connectivity index (χ2n) is 25.6. The van der Waals surface area contributed by atoms with Crippen LogP contribution in [0.4, 0.5) is 107 Å². The Bertz CT molecular complexity index is 5710. The van der Waals surface area contributed by atoms with E-state index < -0.39 is 53.8 Å². The number of aliphatic hydroxyl groups excluding tert-OH is 2. The first-order valence-electron chi connectivity index (χ1n) is 37.3. The number of azo groups is 4. The molecule has 0 unspecified atom stereocenters. The summed E-state index contributed by atoms with van der Waals surface area (Å²) in [6, 6.07) is 41.0. The number of nitrogens with one attached hydrogen (secondary N) is 2. The molecule has 0 atom stereocenters. The molecule has 2 amide bonds.